The molecule has 0 saturated heterocycles. The van der Waals surface area contributed by atoms with Crippen molar-refractivity contribution in [1.29, 1.82) is 0 Å². The fraction of sp³-hybridized carbons (Fsp3) is 0.500. The molecule has 1 aromatic rings. The highest BCUT2D eigenvalue weighted by molar-refractivity contribution is 6.35. The molecule has 84 valence electrons. The molecule has 0 aliphatic heterocycles. The van der Waals surface area contributed by atoms with Crippen molar-refractivity contribution in [1.82, 2.24) is 0 Å². The van der Waals surface area contributed by atoms with Gasteiger partial charge >= 0.3 is 0 Å². The molecule has 0 heterocycles. The number of hydrogen-bond donors (Lipinski definition) is 1. The van der Waals surface area contributed by atoms with Gasteiger partial charge in [0, 0.05) is 16.5 Å². The maximum absolute atomic E-state index is 9.87. The first-order valence-electron chi connectivity index (χ1n) is 5.16. The van der Waals surface area contributed by atoms with Gasteiger partial charge in [0.1, 0.15) is 0 Å². The molecule has 0 spiro atoms. The van der Waals surface area contributed by atoms with Crippen molar-refractivity contribution in [3.05, 3.63) is 33.8 Å². The van der Waals surface area contributed by atoms with Gasteiger partial charge in [0.05, 0.1) is 6.10 Å². The summed E-state index contributed by atoms with van der Waals surface area (Å²) >= 11 is 11.8. The summed E-state index contributed by atoms with van der Waals surface area (Å²) < 4.78 is 0. The van der Waals surface area contributed by atoms with Crippen LogP contribution in [-0.2, 0) is 6.42 Å². The van der Waals surface area contributed by atoms with Crippen LogP contribution in [0.25, 0.3) is 0 Å². The Morgan fingerprint density at radius 2 is 2.00 bits per heavy atom. The highest BCUT2D eigenvalue weighted by Gasteiger charge is 2.14. The summed E-state index contributed by atoms with van der Waals surface area (Å²) in [5.41, 5.74) is 0.953. The van der Waals surface area contributed by atoms with Crippen LogP contribution in [0.5, 0.6) is 0 Å². The first-order valence-corrected chi connectivity index (χ1v) is 5.92. The number of benzene rings is 1. The fourth-order valence-electron chi connectivity index (χ4n) is 1.39. The van der Waals surface area contributed by atoms with E-state index < -0.39 is 0 Å². The zero-order valence-electron chi connectivity index (χ0n) is 9.00. The Bertz CT molecular complexity index is 325. The molecule has 2 unspecified atom stereocenters. The molecular formula is C12H16Cl2O. The van der Waals surface area contributed by atoms with Crippen LogP contribution in [0.2, 0.25) is 10.0 Å². The molecule has 1 aromatic carbocycles. The van der Waals surface area contributed by atoms with Crippen molar-refractivity contribution >= 4 is 23.2 Å². The highest BCUT2D eigenvalue weighted by atomic mass is 35.5. The van der Waals surface area contributed by atoms with Gasteiger partial charge in [-0.1, -0.05) is 49.5 Å². The summed E-state index contributed by atoms with van der Waals surface area (Å²) in [4.78, 5) is 0. The van der Waals surface area contributed by atoms with Crippen LogP contribution in [0.15, 0.2) is 18.2 Å². The van der Waals surface area contributed by atoms with E-state index in [0.29, 0.717) is 16.5 Å². The zero-order valence-corrected chi connectivity index (χ0v) is 10.5. The van der Waals surface area contributed by atoms with Gasteiger partial charge < -0.3 is 5.11 Å². The van der Waals surface area contributed by atoms with Gasteiger partial charge in [-0.3, -0.25) is 0 Å². The number of hydrogen-bond acceptors (Lipinski definition) is 1. The Morgan fingerprint density at radius 3 is 2.53 bits per heavy atom. The molecule has 0 fully saturated rings. The predicted octanol–water partition coefficient (Wildman–Crippen LogP) is 3.94. The lowest BCUT2D eigenvalue weighted by Crippen LogP contribution is -2.19. The molecule has 1 N–H and O–H groups in total. The van der Waals surface area contributed by atoms with Crippen molar-refractivity contribution in [3.8, 4) is 0 Å². The summed E-state index contributed by atoms with van der Waals surface area (Å²) in [5.74, 6) is 0.289. The van der Waals surface area contributed by atoms with Gasteiger partial charge in [-0.05, 0) is 23.6 Å². The van der Waals surface area contributed by atoms with E-state index in [1.807, 2.05) is 13.0 Å². The second kappa shape index (κ2) is 5.74. The van der Waals surface area contributed by atoms with Crippen molar-refractivity contribution < 1.29 is 5.11 Å². The third kappa shape index (κ3) is 3.67. The minimum atomic E-state index is -0.339. The first kappa shape index (κ1) is 12.8. The van der Waals surface area contributed by atoms with E-state index in [1.165, 1.54) is 0 Å². The molecule has 0 aliphatic carbocycles. The van der Waals surface area contributed by atoms with Gasteiger partial charge in [-0.2, -0.15) is 0 Å². The highest BCUT2D eigenvalue weighted by Crippen LogP contribution is 2.23. The average Bonchev–Trinajstić information content (AvgIpc) is 2.20. The maximum Gasteiger partial charge on any atom is 0.0606 e. The largest absolute Gasteiger partial charge is 0.393 e. The number of aliphatic hydroxyl groups excluding tert-OH is 1. The van der Waals surface area contributed by atoms with E-state index in [-0.39, 0.29) is 12.0 Å². The van der Waals surface area contributed by atoms with E-state index in [9.17, 15) is 5.11 Å². The van der Waals surface area contributed by atoms with E-state index >= 15 is 0 Å². The van der Waals surface area contributed by atoms with Crippen molar-refractivity contribution in [2.45, 2.75) is 32.8 Å². The van der Waals surface area contributed by atoms with Gasteiger partial charge in [0.2, 0.25) is 0 Å². The summed E-state index contributed by atoms with van der Waals surface area (Å²) in [5, 5.41) is 11.1. The molecule has 1 rings (SSSR count). The van der Waals surface area contributed by atoms with Crippen molar-refractivity contribution in [2.24, 2.45) is 5.92 Å². The fourth-order valence-corrected chi connectivity index (χ4v) is 1.87. The van der Waals surface area contributed by atoms with Crippen LogP contribution >= 0.6 is 23.2 Å². The lowest BCUT2D eigenvalue weighted by atomic mass is 9.96. The third-order valence-corrected chi connectivity index (χ3v) is 3.33. The number of halogens is 2. The smallest absolute Gasteiger partial charge is 0.0606 e. The van der Waals surface area contributed by atoms with Crippen molar-refractivity contribution in [3.63, 3.8) is 0 Å². The Morgan fingerprint density at radius 1 is 1.33 bits per heavy atom. The molecular weight excluding hydrogens is 231 g/mol. The Kier molecular flexibility index (Phi) is 4.91. The molecule has 0 bridgehead atoms. The van der Waals surface area contributed by atoms with Crippen LogP contribution in [0.3, 0.4) is 0 Å². The predicted molar refractivity (Wildman–Crippen MR) is 65.6 cm³/mol. The van der Waals surface area contributed by atoms with Crippen LogP contribution in [0.4, 0.5) is 0 Å². The summed E-state index contributed by atoms with van der Waals surface area (Å²) in [6.07, 6.45) is 1.21. The molecule has 0 aromatic heterocycles. The van der Waals surface area contributed by atoms with Gasteiger partial charge in [0.25, 0.3) is 0 Å². The Hall–Kier alpha value is -0.240. The molecule has 0 radical (unpaired) electrons. The number of rotatable bonds is 4. The standard InChI is InChI=1S/C12H16Cl2O/c1-3-8(2)12(15)6-9-4-5-10(13)7-11(9)14/h4-5,7-8,12,15H,3,6H2,1-2H3. The third-order valence-electron chi connectivity index (χ3n) is 2.74. The van der Waals surface area contributed by atoms with Gasteiger partial charge in [-0.25, -0.2) is 0 Å². The lowest BCUT2D eigenvalue weighted by molar-refractivity contribution is 0.115. The monoisotopic (exact) mass is 246 g/mol. The molecule has 0 amide bonds. The van der Waals surface area contributed by atoms with E-state index in [1.54, 1.807) is 12.1 Å². The second-order valence-corrected chi connectivity index (χ2v) is 4.74. The van der Waals surface area contributed by atoms with E-state index in [0.717, 1.165) is 12.0 Å². The van der Waals surface area contributed by atoms with E-state index in [4.69, 9.17) is 23.2 Å². The Labute approximate surface area is 101 Å². The topological polar surface area (TPSA) is 20.2 Å². The maximum atomic E-state index is 9.87. The number of aliphatic hydroxyl groups is 1. The SMILES string of the molecule is CCC(C)C(O)Cc1ccc(Cl)cc1Cl. The minimum absolute atomic E-state index is 0.289. The quantitative estimate of drug-likeness (QED) is 0.854. The molecule has 0 saturated carbocycles. The normalized spacial score (nSPS) is 15.0. The zero-order chi connectivity index (χ0) is 11.4. The van der Waals surface area contributed by atoms with Crippen molar-refractivity contribution in [2.75, 3.05) is 0 Å². The Balaban J connectivity index is 2.72. The van der Waals surface area contributed by atoms with Crippen LogP contribution < -0.4 is 0 Å². The van der Waals surface area contributed by atoms with E-state index in [2.05, 4.69) is 6.92 Å². The van der Waals surface area contributed by atoms with Crippen LogP contribution in [-0.4, -0.2) is 11.2 Å². The molecule has 0 aliphatic rings. The second-order valence-electron chi connectivity index (χ2n) is 3.89. The first-order chi connectivity index (χ1) is 7.04. The molecule has 2 atom stereocenters. The minimum Gasteiger partial charge on any atom is -0.393 e. The van der Waals surface area contributed by atoms with Gasteiger partial charge in [0.15, 0.2) is 0 Å². The summed E-state index contributed by atoms with van der Waals surface area (Å²) in [6, 6.07) is 5.38. The van der Waals surface area contributed by atoms with Crippen LogP contribution in [0, 0.1) is 5.92 Å². The van der Waals surface area contributed by atoms with Crippen LogP contribution in [0.1, 0.15) is 25.8 Å². The average molecular weight is 247 g/mol. The molecule has 1 nitrogen and oxygen atoms in total. The summed E-state index contributed by atoms with van der Waals surface area (Å²) in [7, 11) is 0. The summed E-state index contributed by atoms with van der Waals surface area (Å²) in [6.45, 7) is 4.10. The lowest BCUT2D eigenvalue weighted by Gasteiger charge is -2.17. The molecule has 3 heteroatoms. The van der Waals surface area contributed by atoms with Gasteiger partial charge in [-0.15, -0.1) is 0 Å². The molecule has 15 heavy (non-hydrogen) atoms.